The van der Waals surface area contributed by atoms with E-state index < -0.39 is 0 Å². The molecule has 0 amide bonds. The molecule has 1 aromatic carbocycles. The van der Waals surface area contributed by atoms with Gasteiger partial charge in [0.05, 0.1) is 0 Å². The molecule has 0 aliphatic rings. The normalized spacial score (nSPS) is 12.4. The highest BCUT2D eigenvalue weighted by Crippen LogP contribution is 2.27. The average Bonchev–Trinajstić information content (AvgIpc) is 2.34. The van der Waals surface area contributed by atoms with Gasteiger partial charge in [-0.2, -0.15) is 0 Å². The molecule has 0 aromatic heterocycles. The molecule has 1 nitrogen and oxygen atoms in total. The number of nitrogens with one attached hydrogen (secondary N) is 1. The minimum Gasteiger partial charge on any atom is -0.310 e. The molecular formula is C16H24ClN. The third-order valence-corrected chi connectivity index (χ3v) is 3.40. The minimum absolute atomic E-state index is 0.359. The number of aryl methyl sites for hydroxylation is 1. The Morgan fingerprint density at radius 2 is 2.22 bits per heavy atom. The number of halogens is 1. The molecule has 0 saturated heterocycles. The second-order valence-electron chi connectivity index (χ2n) is 4.75. The van der Waals surface area contributed by atoms with Gasteiger partial charge in [-0.1, -0.05) is 36.7 Å². The first-order valence-electron chi connectivity index (χ1n) is 6.79. The topological polar surface area (TPSA) is 12.0 Å². The fourth-order valence-corrected chi connectivity index (χ4v) is 2.43. The van der Waals surface area contributed by atoms with E-state index in [1.807, 2.05) is 12.1 Å². The van der Waals surface area contributed by atoms with E-state index >= 15 is 0 Å². The van der Waals surface area contributed by atoms with Crippen LogP contribution < -0.4 is 5.32 Å². The van der Waals surface area contributed by atoms with Gasteiger partial charge in [-0.05, 0) is 56.3 Å². The van der Waals surface area contributed by atoms with Crippen molar-refractivity contribution in [2.75, 3.05) is 6.54 Å². The highest BCUT2D eigenvalue weighted by atomic mass is 35.5. The van der Waals surface area contributed by atoms with Gasteiger partial charge < -0.3 is 5.32 Å². The van der Waals surface area contributed by atoms with Crippen LogP contribution >= 0.6 is 11.6 Å². The summed E-state index contributed by atoms with van der Waals surface area (Å²) in [6, 6.07) is 6.69. The minimum atomic E-state index is 0.359. The van der Waals surface area contributed by atoms with Gasteiger partial charge >= 0.3 is 0 Å². The van der Waals surface area contributed by atoms with Gasteiger partial charge in [0, 0.05) is 11.1 Å². The summed E-state index contributed by atoms with van der Waals surface area (Å²) >= 11 is 6.36. The first-order chi connectivity index (χ1) is 8.69. The van der Waals surface area contributed by atoms with Crippen molar-refractivity contribution in [1.29, 1.82) is 0 Å². The molecule has 0 spiro atoms. The zero-order valence-corrected chi connectivity index (χ0v) is 12.3. The molecule has 0 aliphatic carbocycles. The average molecular weight is 266 g/mol. The van der Waals surface area contributed by atoms with E-state index in [2.05, 4.69) is 37.9 Å². The Bertz CT molecular complexity index is 373. The van der Waals surface area contributed by atoms with Crippen molar-refractivity contribution < 1.29 is 0 Å². The lowest BCUT2D eigenvalue weighted by Gasteiger charge is -2.20. The van der Waals surface area contributed by atoms with Gasteiger partial charge in [0.15, 0.2) is 0 Å². The van der Waals surface area contributed by atoms with E-state index in [1.165, 1.54) is 11.1 Å². The molecule has 1 aromatic rings. The van der Waals surface area contributed by atoms with E-state index in [1.54, 1.807) is 0 Å². The Kier molecular flexibility index (Phi) is 7.07. The molecule has 1 N–H and O–H groups in total. The van der Waals surface area contributed by atoms with Crippen molar-refractivity contribution in [3.63, 3.8) is 0 Å². The molecule has 18 heavy (non-hydrogen) atoms. The third kappa shape index (κ3) is 4.83. The summed E-state index contributed by atoms with van der Waals surface area (Å²) < 4.78 is 0. The number of hydrogen-bond acceptors (Lipinski definition) is 1. The zero-order valence-electron chi connectivity index (χ0n) is 11.5. The maximum Gasteiger partial charge on any atom is 0.0456 e. The molecule has 0 radical (unpaired) electrons. The van der Waals surface area contributed by atoms with Crippen LogP contribution in [0.25, 0.3) is 0 Å². The van der Waals surface area contributed by atoms with E-state index in [4.69, 9.17) is 11.6 Å². The van der Waals surface area contributed by atoms with Gasteiger partial charge in [0.25, 0.3) is 0 Å². The summed E-state index contributed by atoms with van der Waals surface area (Å²) in [4.78, 5) is 0. The van der Waals surface area contributed by atoms with Crippen molar-refractivity contribution in [3.8, 4) is 0 Å². The van der Waals surface area contributed by atoms with Crippen LogP contribution in [0.2, 0.25) is 5.02 Å². The molecular weight excluding hydrogens is 242 g/mol. The number of allylic oxidation sites excluding steroid dienone is 1. The molecule has 0 fully saturated rings. The first-order valence-corrected chi connectivity index (χ1v) is 7.17. The molecule has 0 bridgehead atoms. The summed E-state index contributed by atoms with van der Waals surface area (Å²) in [5.74, 6) is 0. The van der Waals surface area contributed by atoms with Crippen LogP contribution in [0.3, 0.4) is 0 Å². The predicted molar refractivity (Wildman–Crippen MR) is 81.3 cm³/mol. The van der Waals surface area contributed by atoms with Crippen molar-refractivity contribution in [1.82, 2.24) is 5.32 Å². The molecule has 1 atom stereocenters. The van der Waals surface area contributed by atoms with Crippen LogP contribution in [-0.4, -0.2) is 6.54 Å². The molecule has 0 saturated carbocycles. The van der Waals surface area contributed by atoms with Crippen molar-refractivity contribution >= 4 is 11.6 Å². The monoisotopic (exact) mass is 265 g/mol. The maximum absolute atomic E-state index is 6.36. The Morgan fingerprint density at radius 3 is 2.83 bits per heavy atom. The lowest BCUT2D eigenvalue weighted by molar-refractivity contribution is 0.486. The van der Waals surface area contributed by atoms with E-state index in [9.17, 15) is 0 Å². The predicted octanol–water partition coefficient (Wildman–Crippen LogP) is 5.05. The molecule has 0 heterocycles. The summed E-state index contributed by atoms with van der Waals surface area (Å²) in [6.07, 6.45) is 6.44. The zero-order chi connectivity index (χ0) is 13.4. The molecule has 1 rings (SSSR count). The van der Waals surface area contributed by atoms with Crippen molar-refractivity contribution in [3.05, 3.63) is 47.0 Å². The Morgan fingerprint density at radius 1 is 1.44 bits per heavy atom. The summed E-state index contributed by atoms with van der Waals surface area (Å²) in [5.41, 5.74) is 2.43. The van der Waals surface area contributed by atoms with Gasteiger partial charge in [-0.3, -0.25) is 0 Å². The van der Waals surface area contributed by atoms with Gasteiger partial charge in [0.2, 0.25) is 0 Å². The second-order valence-corrected chi connectivity index (χ2v) is 5.16. The lowest BCUT2D eigenvalue weighted by Crippen LogP contribution is -2.22. The van der Waals surface area contributed by atoms with Crippen molar-refractivity contribution in [2.24, 2.45) is 0 Å². The smallest absolute Gasteiger partial charge is 0.0456 e. The number of benzene rings is 1. The Hall–Kier alpha value is -0.790. The van der Waals surface area contributed by atoms with Gasteiger partial charge in [-0.15, -0.1) is 6.58 Å². The largest absolute Gasteiger partial charge is 0.310 e. The maximum atomic E-state index is 6.36. The Balaban J connectivity index is 2.76. The highest BCUT2D eigenvalue weighted by Gasteiger charge is 2.13. The van der Waals surface area contributed by atoms with Crippen molar-refractivity contribution in [2.45, 2.75) is 45.6 Å². The fourth-order valence-electron chi connectivity index (χ4n) is 2.07. The lowest BCUT2D eigenvalue weighted by atomic mass is 9.99. The Labute approximate surface area is 116 Å². The third-order valence-electron chi connectivity index (χ3n) is 3.07. The van der Waals surface area contributed by atoms with Crippen LogP contribution in [0.5, 0.6) is 0 Å². The van der Waals surface area contributed by atoms with Crippen LogP contribution in [0.1, 0.15) is 49.8 Å². The van der Waals surface area contributed by atoms with E-state index in [0.29, 0.717) is 6.04 Å². The molecule has 0 aliphatic heterocycles. The quantitative estimate of drug-likeness (QED) is 0.513. The number of rotatable bonds is 8. The first kappa shape index (κ1) is 15.3. The van der Waals surface area contributed by atoms with Gasteiger partial charge in [0.1, 0.15) is 0 Å². The SMILES string of the molecule is C=CCCCC(NCCC)c1ccc(C)cc1Cl. The highest BCUT2D eigenvalue weighted by molar-refractivity contribution is 6.31. The number of unbranched alkanes of at least 4 members (excludes halogenated alkanes) is 1. The molecule has 1 unspecified atom stereocenters. The van der Waals surface area contributed by atoms with E-state index in [0.717, 1.165) is 37.3 Å². The summed E-state index contributed by atoms with van der Waals surface area (Å²) in [5, 5.41) is 4.46. The fraction of sp³-hybridized carbons (Fsp3) is 0.500. The van der Waals surface area contributed by atoms with Gasteiger partial charge in [-0.25, -0.2) is 0 Å². The van der Waals surface area contributed by atoms with Crippen LogP contribution in [-0.2, 0) is 0 Å². The van der Waals surface area contributed by atoms with Crippen LogP contribution in [0.15, 0.2) is 30.9 Å². The standard InChI is InChI=1S/C16H24ClN/c1-4-6-7-8-16(18-11-5-2)14-10-9-13(3)12-15(14)17/h4,9-10,12,16,18H,1,5-8,11H2,2-3H3. The van der Waals surface area contributed by atoms with Crippen LogP contribution in [0.4, 0.5) is 0 Å². The second kappa shape index (κ2) is 8.34. The summed E-state index contributed by atoms with van der Waals surface area (Å²) in [7, 11) is 0. The van der Waals surface area contributed by atoms with E-state index in [-0.39, 0.29) is 0 Å². The summed E-state index contributed by atoms with van der Waals surface area (Å²) in [6.45, 7) is 9.06. The molecule has 100 valence electrons. The van der Waals surface area contributed by atoms with Crippen LogP contribution in [0, 0.1) is 6.92 Å². The molecule has 2 heteroatoms. The number of hydrogen-bond donors (Lipinski definition) is 1.